The molecule has 14 heavy (non-hydrogen) atoms. The van der Waals surface area contributed by atoms with Crippen LogP contribution in [0, 0.1) is 28.6 Å². The molecule has 1 aromatic heterocycles. The molecule has 1 unspecified atom stereocenters. The Labute approximate surface area is 82.8 Å². The van der Waals surface area contributed by atoms with E-state index in [-0.39, 0.29) is 5.92 Å². The zero-order valence-electron chi connectivity index (χ0n) is 7.86. The van der Waals surface area contributed by atoms with Gasteiger partial charge in [-0.2, -0.15) is 10.5 Å². The van der Waals surface area contributed by atoms with Gasteiger partial charge in [0, 0.05) is 18.9 Å². The first kappa shape index (κ1) is 10.0. The van der Waals surface area contributed by atoms with Gasteiger partial charge >= 0.3 is 0 Å². The summed E-state index contributed by atoms with van der Waals surface area (Å²) in [6.45, 7) is 2.36. The van der Waals surface area contributed by atoms with Crippen LogP contribution in [0.5, 0.6) is 0 Å². The van der Waals surface area contributed by atoms with Crippen molar-refractivity contribution in [3.05, 3.63) is 24.0 Å². The van der Waals surface area contributed by atoms with Gasteiger partial charge in [0.2, 0.25) is 0 Å². The van der Waals surface area contributed by atoms with Gasteiger partial charge in [-0.1, -0.05) is 0 Å². The maximum absolute atomic E-state index is 8.75. The Hall–Kier alpha value is -2.07. The molecule has 0 aliphatic heterocycles. The fourth-order valence-corrected chi connectivity index (χ4v) is 0.946. The van der Waals surface area contributed by atoms with E-state index in [2.05, 4.69) is 16.4 Å². The van der Waals surface area contributed by atoms with Crippen molar-refractivity contribution in [3.8, 4) is 12.1 Å². The summed E-state index contributed by atoms with van der Waals surface area (Å²) in [5.41, 5.74) is 1.22. The Kier molecular flexibility index (Phi) is 3.46. The molecule has 0 saturated carbocycles. The van der Waals surface area contributed by atoms with Crippen LogP contribution in [0.25, 0.3) is 0 Å². The fraction of sp³-hybridized carbons (Fsp3) is 0.300. The first-order chi connectivity index (χ1) is 6.77. The number of hydrogen-bond donors (Lipinski definition) is 1. The standard InChI is InChI=1S/C10H10N4/c1-8(4-11)6-14-10-2-3-13-7-9(10)5-12/h2-3,7-8H,6H2,1H3,(H,13,14). The van der Waals surface area contributed by atoms with Gasteiger partial charge in [-0.25, -0.2) is 0 Å². The number of nitrogens with one attached hydrogen (secondary N) is 1. The minimum atomic E-state index is -0.0743. The summed E-state index contributed by atoms with van der Waals surface area (Å²) in [7, 11) is 0. The predicted octanol–water partition coefficient (Wildman–Crippen LogP) is 1.52. The van der Waals surface area contributed by atoms with E-state index in [1.807, 2.05) is 13.0 Å². The van der Waals surface area contributed by atoms with Gasteiger partial charge < -0.3 is 5.32 Å². The molecule has 1 rings (SSSR count). The normalized spacial score (nSPS) is 11.1. The highest BCUT2D eigenvalue weighted by atomic mass is 14.9. The van der Waals surface area contributed by atoms with Gasteiger partial charge in [-0.3, -0.25) is 4.98 Å². The van der Waals surface area contributed by atoms with Crippen LogP contribution in [0.15, 0.2) is 18.5 Å². The van der Waals surface area contributed by atoms with Crippen molar-refractivity contribution in [2.75, 3.05) is 11.9 Å². The summed E-state index contributed by atoms with van der Waals surface area (Å²) in [6, 6.07) is 5.87. The Morgan fingerprint density at radius 2 is 2.36 bits per heavy atom. The van der Waals surface area contributed by atoms with E-state index in [0.717, 1.165) is 5.69 Å². The Morgan fingerprint density at radius 1 is 1.57 bits per heavy atom. The number of nitrogens with zero attached hydrogens (tertiary/aromatic N) is 3. The summed E-state index contributed by atoms with van der Waals surface area (Å²) >= 11 is 0. The maximum Gasteiger partial charge on any atom is 0.103 e. The van der Waals surface area contributed by atoms with Gasteiger partial charge in [0.1, 0.15) is 6.07 Å². The summed E-state index contributed by atoms with van der Waals surface area (Å²) in [6.07, 6.45) is 3.11. The first-order valence-electron chi connectivity index (χ1n) is 4.25. The largest absolute Gasteiger partial charge is 0.383 e. The number of nitriles is 2. The Morgan fingerprint density at radius 3 is 3.00 bits per heavy atom. The van der Waals surface area contributed by atoms with Crippen LogP contribution in [0.1, 0.15) is 12.5 Å². The van der Waals surface area contributed by atoms with Crippen molar-refractivity contribution in [1.29, 1.82) is 10.5 Å². The van der Waals surface area contributed by atoms with Gasteiger partial charge in [0.05, 0.1) is 23.2 Å². The third kappa shape index (κ3) is 2.46. The molecule has 1 atom stereocenters. The Bertz CT molecular complexity index is 386. The van der Waals surface area contributed by atoms with E-state index in [0.29, 0.717) is 12.1 Å². The summed E-state index contributed by atoms with van der Waals surface area (Å²) in [4.78, 5) is 3.84. The fourth-order valence-electron chi connectivity index (χ4n) is 0.946. The zero-order chi connectivity index (χ0) is 10.4. The molecule has 1 heterocycles. The van der Waals surface area contributed by atoms with E-state index in [9.17, 15) is 0 Å². The van der Waals surface area contributed by atoms with E-state index in [1.165, 1.54) is 6.20 Å². The van der Waals surface area contributed by atoms with Gasteiger partial charge in [-0.15, -0.1) is 0 Å². The second-order valence-corrected chi connectivity index (χ2v) is 2.94. The van der Waals surface area contributed by atoms with E-state index >= 15 is 0 Å². The van der Waals surface area contributed by atoms with Crippen LogP contribution in [0.4, 0.5) is 5.69 Å². The lowest BCUT2D eigenvalue weighted by molar-refractivity contribution is 0.786. The van der Waals surface area contributed by atoms with Crippen molar-refractivity contribution in [2.45, 2.75) is 6.92 Å². The van der Waals surface area contributed by atoms with E-state index < -0.39 is 0 Å². The third-order valence-corrected chi connectivity index (χ3v) is 1.76. The molecule has 4 heteroatoms. The molecule has 1 N–H and O–H groups in total. The monoisotopic (exact) mass is 186 g/mol. The molecule has 0 spiro atoms. The first-order valence-corrected chi connectivity index (χ1v) is 4.25. The average Bonchev–Trinajstić information content (AvgIpc) is 2.26. The van der Waals surface area contributed by atoms with Gasteiger partial charge in [0.25, 0.3) is 0 Å². The zero-order valence-corrected chi connectivity index (χ0v) is 7.86. The molecule has 1 aromatic rings. The predicted molar refractivity (Wildman–Crippen MR) is 52.2 cm³/mol. The van der Waals surface area contributed by atoms with Crippen LogP contribution in [-0.4, -0.2) is 11.5 Å². The summed E-state index contributed by atoms with van der Waals surface area (Å²) < 4.78 is 0. The molecule has 0 fully saturated rings. The molecule has 0 bridgehead atoms. The van der Waals surface area contributed by atoms with Crippen molar-refractivity contribution >= 4 is 5.69 Å². The van der Waals surface area contributed by atoms with Crippen LogP contribution < -0.4 is 5.32 Å². The molecule has 0 aromatic carbocycles. The Balaban J connectivity index is 2.69. The topological polar surface area (TPSA) is 72.5 Å². The van der Waals surface area contributed by atoms with Crippen molar-refractivity contribution in [3.63, 3.8) is 0 Å². The number of anilines is 1. The second kappa shape index (κ2) is 4.84. The van der Waals surface area contributed by atoms with E-state index in [4.69, 9.17) is 10.5 Å². The van der Waals surface area contributed by atoms with Crippen LogP contribution >= 0.6 is 0 Å². The lowest BCUT2D eigenvalue weighted by atomic mass is 10.2. The molecule has 0 aliphatic carbocycles. The van der Waals surface area contributed by atoms with Crippen LogP contribution in [-0.2, 0) is 0 Å². The van der Waals surface area contributed by atoms with Crippen molar-refractivity contribution in [1.82, 2.24) is 4.98 Å². The minimum absolute atomic E-state index is 0.0743. The maximum atomic E-state index is 8.75. The summed E-state index contributed by atoms with van der Waals surface area (Å²) in [5, 5.41) is 20.3. The SMILES string of the molecule is CC(C#N)CNc1ccncc1C#N. The molecular weight excluding hydrogens is 176 g/mol. The van der Waals surface area contributed by atoms with Gasteiger partial charge in [0.15, 0.2) is 0 Å². The number of hydrogen-bond acceptors (Lipinski definition) is 4. The molecule has 0 aliphatic rings. The summed E-state index contributed by atoms with van der Waals surface area (Å²) in [5.74, 6) is -0.0743. The van der Waals surface area contributed by atoms with Crippen molar-refractivity contribution < 1.29 is 0 Å². The molecule has 0 saturated heterocycles. The molecule has 0 radical (unpaired) electrons. The highest BCUT2D eigenvalue weighted by molar-refractivity contribution is 5.55. The van der Waals surface area contributed by atoms with Gasteiger partial charge in [-0.05, 0) is 13.0 Å². The molecule has 0 amide bonds. The highest BCUT2D eigenvalue weighted by Gasteiger charge is 2.02. The molecule has 70 valence electrons. The highest BCUT2D eigenvalue weighted by Crippen LogP contribution is 2.12. The lowest BCUT2D eigenvalue weighted by Crippen LogP contribution is -2.10. The second-order valence-electron chi connectivity index (χ2n) is 2.94. The average molecular weight is 186 g/mol. The smallest absolute Gasteiger partial charge is 0.103 e. The lowest BCUT2D eigenvalue weighted by Gasteiger charge is -2.07. The molecule has 4 nitrogen and oxygen atoms in total. The van der Waals surface area contributed by atoms with Crippen LogP contribution in [0.3, 0.4) is 0 Å². The van der Waals surface area contributed by atoms with E-state index in [1.54, 1.807) is 12.3 Å². The minimum Gasteiger partial charge on any atom is -0.383 e. The number of pyridine rings is 1. The number of aromatic nitrogens is 1. The van der Waals surface area contributed by atoms with Crippen molar-refractivity contribution in [2.24, 2.45) is 5.92 Å². The quantitative estimate of drug-likeness (QED) is 0.776. The number of rotatable bonds is 3. The third-order valence-electron chi connectivity index (χ3n) is 1.76. The van der Waals surface area contributed by atoms with Crippen LogP contribution in [0.2, 0.25) is 0 Å². The molecular formula is C10H10N4.